The number of nitrogens with zero attached hydrogens (tertiary/aromatic N) is 1. The Labute approximate surface area is 131 Å². The van der Waals surface area contributed by atoms with Gasteiger partial charge >= 0.3 is 0 Å². The molecule has 2 aromatic rings. The lowest BCUT2D eigenvalue weighted by atomic mass is 10.0. The van der Waals surface area contributed by atoms with E-state index in [1.54, 1.807) is 13.3 Å². The smallest absolute Gasteiger partial charge is 0.118 e. The summed E-state index contributed by atoms with van der Waals surface area (Å²) in [5.41, 5.74) is 2.34. The Morgan fingerprint density at radius 3 is 2.52 bits per heavy atom. The Hall–Kier alpha value is -1.58. The highest BCUT2D eigenvalue weighted by Gasteiger charge is 2.11. The van der Waals surface area contributed by atoms with E-state index in [0.29, 0.717) is 5.02 Å². The van der Waals surface area contributed by atoms with Gasteiger partial charge in [-0.3, -0.25) is 4.98 Å². The molecule has 0 bridgehead atoms. The van der Waals surface area contributed by atoms with Crippen LogP contribution >= 0.6 is 11.6 Å². The number of aromatic nitrogens is 1. The third-order valence-electron chi connectivity index (χ3n) is 3.44. The minimum Gasteiger partial charge on any atom is -0.497 e. The molecule has 0 radical (unpaired) electrons. The molecule has 0 saturated heterocycles. The highest BCUT2D eigenvalue weighted by Crippen LogP contribution is 2.20. The molecule has 1 atom stereocenters. The maximum absolute atomic E-state index is 5.90. The first kappa shape index (κ1) is 15.8. The van der Waals surface area contributed by atoms with Crippen LogP contribution in [0.2, 0.25) is 5.02 Å². The van der Waals surface area contributed by atoms with Crippen molar-refractivity contribution in [2.24, 2.45) is 0 Å². The lowest BCUT2D eigenvalue weighted by Gasteiger charge is -2.17. The van der Waals surface area contributed by atoms with Gasteiger partial charge in [0.2, 0.25) is 0 Å². The number of pyridine rings is 1. The first-order valence-corrected chi connectivity index (χ1v) is 7.58. The van der Waals surface area contributed by atoms with Crippen LogP contribution in [0.1, 0.15) is 30.6 Å². The molecule has 1 N–H and O–H groups in total. The molecule has 21 heavy (non-hydrogen) atoms. The molecule has 1 unspecified atom stereocenters. The molecule has 1 aromatic carbocycles. The summed E-state index contributed by atoms with van der Waals surface area (Å²) in [6.45, 7) is 3.02. The average molecular weight is 305 g/mol. The van der Waals surface area contributed by atoms with Crippen molar-refractivity contribution in [2.45, 2.75) is 25.8 Å². The minimum absolute atomic E-state index is 0.245. The molecule has 2 rings (SSSR count). The number of methoxy groups -OCH3 is 1. The monoisotopic (exact) mass is 304 g/mol. The van der Waals surface area contributed by atoms with Crippen molar-refractivity contribution in [3.8, 4) is 5.75 Å². The van der Waals surface area contributed by atoms with Crippen molar-refractivity contribution in [3.63, 3.8) is 0 Å². The Balaban J connectivity index is 2.00. The molecular weight excluding hydrogens is 284 g/mol. The molecule has 0 spiro atoms. The molecule has 0 fully saturated rings. The number of hydrogen-bond acceptors (Lipinski definition) is 3. The van der Waals surface area contributed by atoms with E-state index >= 15 is 0 Å². The summed E-state index contributed by atoms with van der Waals surface area (Å²) < 4.78 is 5.18. The van der Waals surface area contributed by atoms with Crippen molar-refractivity contribution < 1.29 is 4.74 Å². The molecule has 1 heterocycles. The van der Waals surface area contributed by atoms with Gasteiger partial charge in [-0.1, -0.05) is 30.7 Å². The molecule has 112 valence electrons. The number of nitrogens with one attached hydrogen (secondary N) is 1. The quantitative estimate of drug-likeness (QED) is 0.838. The first-order valence-electron chi connectivity index (χ1n) is 7.20. The summed E-state index contributed by atoms with van der Waals surface area (Å²) in [5, 5.41) is 4.15. The lowest BCUT2D eigenvalue weighted by molar-refractivity contribution is 0.414. The van der Waals surface area contributed by atoms with Crippen molar-refractivity contribution in [1.82, 2.24) is 10.3 Å². The maximum atomic E-state index is 5.90. The van der Waals surface area contributed by atoms with E-state index in [0.717, 1.165) is 30.8 Å². The number of benzene rings is 1. The van der Waals surface area contributed by atoms with Gasteiger partial charge < -0.3 is 10.1 Å². The molecule has 0 aliphatic heterocycles. The van der Waals surface area contributed by atoms with Gasteiger partial charge in [-0.05, 0) is 49.2 Å². The Bertz CT molecular complexity index is 540. The van der Waals surface area contributed by atoms with Gasteiger partial charge in [0.05, 0.1) is 17.8 Å². The highest BCUT2D eigenvalue weighted by molar-refractivity contribution is 6.30. The number of ether oxygens (including phenoxy) is 1. The van der Waals surface area contributed by atoms with Crippen LogP contribution < -0.4 is 10.1 Å². The maximum Gasteiger partial charge on any atom is 0.118 e. The SMILES string of the molecule is CCNC(CCc1ccc(OC)cc1)c1ccc(Cl)cn1. The topological polar surface area (TPSA) is 34.1 Å². The summed E-state index contributed by atoms with van der Waals surface area (Å²) >= 11 is 5.90. The third-order valence-corrected chi connectivity index (χ3v) is 3.66. The van der Waals surface area contributed by atoms with Gasteiger partial charge in [-0.15, -0.1) is 0 Å². The second-order valence-electron chi connectivity index (χ2n) is 4.90. The van der Waals surface area contributed by atoms with Crippen LogP contribution in [0.4, 0.5) is 0 Å². The summed E-state index contributed by atoms with van der Waals surface area (Å²) in [7, 11) is 1.68. The Kier molecular flexibility index (Phi) is 6.03. The molecule has 1 aromatic heterocycles. The van der Waals surface area contributed by atoms with Crippen LogP contribution in [0.25, 0.3) is 0 Å². The zero-order chi connectivity index (χ0) is 15.1. The van der Waals surface area contributed by atoms with Crippen LogP contribution in [0, 0.1) is 0 Å². The standard InChI is InChI=1S/C17H21ClN2O/c1-3-19-16(17-11-7-14(18)12-20-17)10-6-13-4-8-15(21-2)9-5-13/h4-5,7-9,11-12,16,19H,3,6,10H2,1-2H3. The van der Waals surface area contributed by atoms with E-state index in [1.807, 2.05) is 24.3 Å². The van der Waals surface area contributed by atoms with Gasteiger partial charge in [0.1, 0.15) is 5.75 Å². The van der Waals surface area contributed by atoms with Gasteiger partial charge in [-0.2, -0.15) is 0 Å². The number of halogens is 1. The second kappa shape index (κ2) is 8.01. The average Bonchev–Trinajstić information content (AvgIpc) is 2.53. The van der Waals surface area contributed by atoms with E-state index in [9.17, 15) is 0 Å². The summed E-state index contributed by atoms with van der Waals surface area (Å²) in [6, 6.07) is 12.3. The molecule has 0 saturated carbocycles. The van der Waals surface area contributed by atoms with E-state index in [4.69, 9.17) is 16.3 Å². The predicted molar refractivity (Wildman–Crippen MR) is 87.0 cm³/mol. The fourth-order valence-corrected chi connectivity index (χ4v) is 2.41. The van der Waals surface area contributed by atoms with E-state index < -0.39 is 0 Å². The molecular formula is C17H21ClN2O. The number of hydrogen-bond donors (Lipinski definition) is 1. The van der Waals surface area contributed by atoms with E-state index in [2.05, 4.69) is 29.4 Å². The Morgan fingerprint density at radius 1 is 1.19 bits per heavy atom. The van der Waals surface area contributed by atoms with Gasteiger partial charge in [0.25, 0.3) is 0 Å². The minimum atomic E-state index is 0.245. The lowest BCUT2D eigenvalue weighted by Crippen LogP contribution is -2.22. The normalized spacial score (nSPS) is 12.1. The summed E-state index contributed by atoms with van der Waals surface area (Å²) in [4.78, 5) is 4.42. The summed E-state index contributed by atoms with van der Waals surface area (Å²) in [6.07, 6.45) is 3.69. The van der Waals surface area contributed by atoms with Gasteiger partial charge in [0.15, 0.2) is 0 Å². The third kappa shape index (κ3) is 4.73. The van der Waals surface area contributed by atoms with Gasteiger partial charge in [-0.25, -0.2) is 0 Å². The van der Waals surface area contributed by atoms with Crippen LogP contribution in [-0.4, -0.2) is 18.6 Å². The van der Waals surface area contributed by atoms with Crippen LogP contribution in [-0.2, 0) is 6.42 Å². The van der Waals surface area contributed by atoms with Crippen LogP contribution in [0.15, 0.2) is 42.6 Å². The molecule has 0 aliphatic rings. The van der Waals surface area contributed by atoms with Crippen molar-refractivity contribution in [1.29, 1.82) is 0 Å². The molecule has 4 heteroatoms. The van der Waals surface area contributed by atoms with E-state index in [1.165, 1.54) is 5.56 Å². The van der Waals surface area contributed by atoms with Crippen molar-refractivity contribution >= 4 is 11.6 Å². The van der Waals surface area contributed by atoms with Crippen molar-refractivity contribution in [2.75, 3.05) is 13.7 Å². The number of aryl methyl sites for hydroxylation is 1. The van der Waals surface area contributed by atoms with Crippen molar-refractivity contribution in [3.05, 3.63) is 58.9 Å². The summed E-state index contributed by atoms with van der Waals surface area (Å²) in [5.74, 6) is 0.890. The molecule has 0 amide bonds. The van der Waals surface area contributed by atoms with E-state index in [-0.39, 0.29) is 6.04 Å². The number of rotatable bonds is 7. The van der Waals surface area contributed by atoms with Crippen LogP contribution in [0.5, 0.6) is 5.75 Å². The predicted octanol–water partition coefficient (Wildman–Crippen LogP) is 4.03. The van der Waals surface area contributed by atoms with Gasteiger partial charge in [0, 0.05) is 12.2 Å². The largest absolute Gasteiger partial charge is 0.497 e. The fourth-order valence-electron chi connectivity index (χ4n) is 2.30. The first-order chi connectivity index (χ1) is 10.2. The zero-order valence-corrected chi connectivity index (χ0v) is 13.2. The zero-order valence-electron chi connectivity index (χ0n) is 12.5. The highest BCUT2D eigenvalue weighted by atomic mass is 35.5. The molecule has 3 nitrogen and oxygen atoms in total. The fraction of sp³-hybridized carbons (Fsp3) is 0.353. The second-order valence-corrected chi connectivity index (χ2v) is 5.33. The van der Waals surface area contributed by atoms with Crippen LogP contribution in [0.3, 0.4) is 0 Å². The Morgan fingerprint density at radius 2 is 1.95 bits per heavy atom. The molecule has 0 aliphatic carbocycles.